The number of aromatic amines is 1. The summed E-state index contributed by atoms with van der Waals surface area (Å²) in [5.41, 5.74) is 1.32. The molecule has 4 heterocycles. The lowest BCUT2D eigenvalue weighted by Gasteiger charge is -2.39. The highest BCUT2D eigenvalue weighted by Gasteiger charge is 2.36. The van der Waals surface area contributed by atoms with Gasteiger partial charge < -0.3 is 14.8 Å². The van der Waals surface area contributed by atoms with Gasteiger partial charge in [0.2, 0.25) is 11.8 Å². The first kappa shape index (κ1) is 19.9. The molecule has 2 aliphatic heterocycles. The first-order chi connectivity index (χ1) is 13.8. The maximum absolute atomic E-state index is 13.1. The standard InChI is InChI=1S/C22H31N5O2/c1-22(2,3)21(29)27-11-5-6-16(14-27)20(28)26-12-8-15(9-13-26)18-24-17-7-4-10-23-19(17)25-18/h4,7,10,15-16H,5-6,8-9,11-14H2,1-3H3,(H,23,24,25). The molecule has 29 heavy (non-hydrogen) atoms. The van der Waals surface area contributed by atoms with Crippen LogP contribution in [0, 0.1) is 11.3 Å². The van der Waals surface area contributed by atoms with E-state index < -0.39 is 5.41 Å². The number of amides is 2. The zero-order chi connectivity index (χ0) is 20.6. The highest BCUT2D eigenvalue weighted by atomic mass is 16.2. The first-order valence-corrected chi connectivity index (χ1v) is 10.7. The molecular formula is C22H31N5O2. The van der Waals surface area contributed by atoms with Crippen LogP contribution in [0.3, 0.4) is 0 Å². The average Bonchev–Trinajstić information content (AvgIpc) is 3.16. The van der Waals surface area contributed by atoms with Crippen LogP contribution in [-0.4, -0.2) is 62.7 Å². The Hall–Kier alpha value is -2.44. The molecule has 0 radical (unpaired) electrons. The van der Waals surface area contributed by atoms with Crippen LogP contribution in [0.1, 0.15) is 58.2 Å². The largest absolute Gasteiger partial charge is 0.342 e. The van der Waals surface area contributed by atoms with Crippen LogP contribution < -0.4 is 0 Å². The van der Waals surface area contributed by atoms with Crippen LogP contribution in [0.15, 0.2) is 18.3 Å². The second-order valence-electron chi connectivity index (χ2n) is 9.44. The fourth-order valence-corrected chi connectivity index (χ4v) is 4.53. The van der Waals surface area contributed by atoms with Gasteiger partial charge in [0.05, 0.1) is 11.4 Å². The van der Waals surface area contributed by atoms with Crippen molar-refractivity contribution in [1.82, 2.24) is 24.8 Å². The van der Waals surface area contributed by atoms with Crippen LogP contribution in [0.5, 0.6) is 0 Å². The van der Waals surface area contributed by atoms with E-state index in [2.05, 4.69) is 15.0 Å². The lowest BCUT2D eigenvalue weighted by Crippen LogP contribution is -2.50. The zero-order valence-corrected chi connectivity index (χ0v) is 17.6. The summed E-state index contributed by atoms with van der Waals surface area (Å²) in [6.45, 7) is 8.65. The van der Waals surface area contributed by atoms with Gasteiger partial charge in [-0.05, 0) is 37.8 Å². The second-order valence-corrected chi connectivity index (χ2v) is 9.44. The zero-order valence-electron chi connectivity index (χ0n) is 17.6. The van der Waals surface area contributed by atoms with E-state index in [1.807, 2.05) is 42.7 Å². The average molecular weight is 398 g/mol. The number of fused-ring (bicyclic) bond motifs is 1. The van der Waals surface area contributed by atoms with Gasteiger partial charge in [-0.2, -0.15) is 0 Å². The summed E-state index contributed by atoms with van der Waals surface area (Å²) in [6, 6.07) is 3.90. The number of pyridine rings is 1. The molecule has 1 N–H and O–H groups in total. The second kappa shape index (κ2) is 7.76. The smallest absolute Gasteiger partial charge is 0.227 e. The minimum Gasteiger partial charge on any atom is -0.342 e. The van der Waals surface area contributed by atoms with E-state index in [4.69, 9.17) is 0 Å². The quantitative estimate of drug-likeness (QED) is 0.845. The van der Waals surface area contributed by atoms with E-state index in [1.54, 1.807) is 6.20 Å². The summed E-state index contributed by atoms with van der Waals surface area (Å²) in [7, 11) is 0. The third kappa shape index (κ3) is 4.14. The molecule has 4 rings (SSSR count). The molecule has 2 aromatic rings. The van der Waals surface area contributed by atoms with E-state index in [1.165, 1.54) is 0 Å². The Kier molecular flexibility index (Phi) is 5.32. The molecule has 1 unspecified atom stereocenters. The number of hydrogen-bond acceptors (Lipinski definition) is 4. The molecular weight excluding hydrogens is 366 g/mol. The van der Waals surface area contributed by atoms with Crippen molar-refractivity contribution in [3.05, 3.63) is 24.2 Å². The van der Waals surface area contributed by atoms with E-state index in [9.17, 15) is 9.59 Å². The summed E-state index contributed by atoms with van der Waals surface area (Å²) in [6.07, 6.45) is 5.35. The Balaban J connectivity index is 1.35. The molecule has 0 aliphatic carbocycles. The van der Waals surface area contributed by atoms with Gasteiger partial charge in [-0.15, -0.1) is 0 Å². The Morgan fingerprint density at radius 2 is 1.86 bits per heavy atom. The molecule has 2 amide bonds. The summed E-state index contributed by atoms with van der Waals surface area (Å²) in [4.78, 5) is 41.9. The summed E-state index contributed by atoms with van der Waals surface area (Å²) < 4.78 is 0. The van der Waals surface area contributed by atoms with Crippen molar-refractivity contribution < 1.29 is 9.59 Å². The molecule has 7 nitrogen and oxygen atoms in total. The number of nitrogens with zero attached hydrogens (tertiary/aromatic N) is 4. The maximum atomic E-state index is 13.1. The minimum atomic E-state index is -0.398. The Labute approximate surface area is 171 Å². The van der Waals surface area contributed by atoms with Crippen molar-refractivity contribution in [3.8, 4) is 0 Å². The van der Waals surface area contributed by atoms with Gasteiger partial charge in [0.25, 0.3) is 0 Å². The van der Waals surface area contributed by atoms with E-state index in [0.29, 0.717) is 12.5 Å². The number of nitrogens with one attached hydrogen (secondary N) is 1. The van der Waals surface area contributed by atoms with Gasteiger partial charge in [-0.1, -0.05) is 20.8 Å². The predicted molar refractivity (Wildman–Crippen MR) is 111 cm³/mol. The van der Waals surface area contributed by atoms with Gasteiger partial charge in [0.1, 0.15) is 5.82 Å². The molecule has 0 spiro atoms. The Morgan fingerprint density at radius 1 is 1.10 bits per heavy atom. The summed E-state index contributed by atoms with van der Waals surface area (Å²) >= 11 is 0. The molecule has 2 aliphatic rings. The van der Waals surface area contributed by atoms with Gasteiger partial charge in [0, 0.05) is 43.7 Å². The fourth-order valence-electron chi connectivity index (χ4n) is 4.53. The molecule has 0 saturated carbocycles. The summed E-state index contributed by atoms with van der Waals surface area (Å²) in [5.74, 6) is 1.60. The molecule has 0 aromatic carbocycles. The topological polar surface area (TPSA) is 82.2 Å². The van der Waals surface area contributed by atoms with Gasteiger partial charge in [-0.25, -0.2) is 9.97 Å². The predicted octanol–water partition coefficient (Wildman–Crippen LogP) is 2.95. The van der Waals surface area contributed by atoms with E-state index >= 15 is 0 Å². The van der Waals surface area contributed by atoms with Crippen LogP contribution >= 0.6 is 0 Å². The normalized spacial score (nSPS) is 21.6. The molecule has 2 aromatic heterocycles. The van der Waals surface area contributed by atoms with Crippen LogP contribution in [0.4, 0.5) is 0 Å². The lowest BCUT2D eigenvalue weighted by molar-refractivity contribution is -0.145. The van der Waals surface area contributed by atoms with Crippen molar-refractivity contribution >= 4 is 23.0 Å². The van der Waals surface area contributed by atoms with Gasteiger partial charge >= 0.3 is 0 Å². The van der Waals surface area contributed by atoms with Crippen LogP contribution in [0.2, 0.25) is 0 Å². The number of carbonyl (C=O) groups excluding carboxylic acids is 2. The van der Waals surface area contributed by atoms with Crippen LogP contribution in [-0.2, 0) is 9.59 Å². The summed E-state index contributed by atoms with van der Waals surface area (Å²) in [5, 5.41) is 0. The third-order valence-corrected chi connectivity index (χ3v) is 6.17. The molecule has 0 bridgehead atoms. The number of hydrogen-bond donors (Lipinski definition) is 1. The minimum absolute atomic E-state index is 0.0676. The third-order valence-electron chi connectivity index (χ3n) is 6.17. The molecule has 2 fully saturated rings. The fraction of sp³-hybridized carbons (Fsp3) is 0.636. The molecule has 1 atom stereocenters. The van der Waals surface area contributed by atoms with Crippen molar-refractivity contribution in [2.45, 2.75) is 52.4 Å². The maximum Gasteiger partial charge on any atom is 0.227 e. The van der Waals surface area contributed by atoms with E-state index in [-0.39, 0.29) is 17.7 Å². The Morgan fingerprint density at radius 3 is 2.55 bits per heavy atom. The lowest BCUT2D eigenvalue weighted by atomic mass is 9.89. The highest BCUT2D eigenvalue weighted by Crippen LogP contribution is 2.30. The number of imidazole rings is 1. The number of rotatable bonds is 2. The first-order valence-electron chi connectivity index (χ1n) is 10.7. The number of carbonyl (C=O) groups is 2. The van der Waals surface area contributed by atoms with Gasteiger partial charge in [-0.3, -0.25) is 9.59 Å². The molecule has 7 heteroatoms. The highest BCUT2D eigenvalue weighted by molar-refractivity contribution is 5.84. The van der Waals surface area contributed by atoms with E-state index in [0.717, 1.165) is 62.3 Å². The van der Waals surface area contributed by atoms with Crippen molar-refractivity contribution in [2.24, 2.45) is 11.3 Å². The number of H-pyrrole nitrogens is 1. The van der Waals surface area contributed by atoms with Crippen LogP contribution in [0.25, 0.3) is 11.2 Å². The SMILES string of the molecule is CC(C)(C)C(=O)N1CCCC(C(=O)N2CCC(c3nc4ncccc4[nH]3)CC2)C1. The monoisotopic (exact) mass is 397 g/mol. The van der Waals surface area contributed by atoms with Crippen molar-refractivity contribution in [1.29, 1.82) is 0 Å². The van der Waals surface area contributed by atoms with Gasteiger partial charge in [0.15, 0.2) is 5.65 Å². The number of aromatic nitrogens is 3. The van der Waals surface area contributed by atoms with Crippen molar-refractivity contribution in [3.63, 3.8) is 0 Å². The number of piperidine rings is 2. The molecule has 2 saturated heterocycles. The van der Waals surface area contributed by atoms with Crippen molar-refractivity contribution in [2.75, 3.05) is 26.2 Å². The Bertz CT molecular complexity index is 859. The molecule has 156 valence electrons. The number of likely N-dealkylation sites (tertiary alicyclic amines) is 2.